The monoisotopic (exact) mass is 306 g/mol. The number of rotatable bonds is 2. The molecule has 0 radical (unpaired) electrons. The molecule has 4 nitrogen and oxygen atoms in total. The van der Waals surface area contributed by atoms with Gasteiger partial charge in [-0.1, -0.05) is 35.3 Å². The van der Waals surface area contributed by atoms with Crippen molar-refractivity contribution in [1.29, 1.82) is 0 Å². The highest BCUT2D eigenvalue weighted by molar-refractivity contribution is 6.37. The van der Waals surface area contributed by atoms with Crippen LogP contribution < -0.4 is 0 Å². The average Bonchev–Trinajstić information content (AvgIpc) is 2.82. The number of carbonyl (C=O) groups is 1. The molecule has 1 aromatic heterocycles. The smallest absolute Gasteiger partial charge is 0.337 e. The Morgan fingerprint density at radius 1 is 1.10 bits per heavy atom. The molecule has 100 valence electrons. The van der Waals surface area contributed by atoms with Gasteiger partial charge in [0.25, 0.3) is 0 Å². The molecule has 0 saturated carbocycles. The highest BCUT2D eigenvalue weighted by Crippen LogP contribution is 2.31. The van der Waals surface area contributed by atoms with E-state index in [0.29, 0.717) is 26.8 Å². The maximum atomic E-state index is 11.2. The molecule has 2 aromatic carbocycles. The predicted octanol–water partition coefficient (Wildman–Crippen LogP) is 4.03. The Labute approximate surface area is 124 Å². The molecule has 0 aliphatic rings. The first kappa shape index (κ1) is 13.0. The SMILES string of the molecule is O=C(O)c1cccc2c1ncn2-c1c(Cl)cccc1Cl. The van der Waals surface area contributed by atoms with Crippen LogP contribution in [0.15, 0.2) is 42.7 Å². The number of fused-ring (bicyclic) bond motifs is 1. The minimum absolute atomic E-state index is 0.143. The number of carboxylic acids is 1. The van der Waals surface area contributed by atoms with Crippen LogP contribution in [0, 0.1) is 0 Å². The molecule has 0 saturated heterocycles. The molecule has 3 rings (SSSR count). The van der Waals surface area contributed by atoms with Gasteiger partial charge in [0.15, 0.2) is 0 Å². The van der Waals surface area contributed by atoms with Gasteiger partial charge in [-0.25, -0.2) is 9.78 Å². The van der Waals surface area contributed by atoms with Crippen molar-refractivity contribution in [3.8, 4) is 5.69 Å². The zero-order valence-electron chi connectivity index (χ0n) is 10.0. The summed E-state index contributed by atoms with van der Waals surface area (Å²) in [6.07, 6.45) is 1.52. The van der Waals surface area contributed by atoms with Crippen LogP contribution in [-0.2, 0) is 0 Å². The second kappa shape index (κ2) is 4.81. The van der Waals surface area contributed by atoms with E-state index in [9.17, 15) is 9.90 Å². The van der Waals surface area contributed by atoms with E-state index in [0.717, 1.165) is 0 Å². The van der Waals surface area contributed by atoms with E-state index in [1.165, 1.54) is 12.4 Å². The van der Waals surface area contributed by atoms with Gasteiger partial charge >= 0.3 is 5.97 Å². The number of nitrogens with zero attached hydrogens (tertiary/aromatic N) is 2. The summed E-state index contributed by atoms with van der Waals surface area (Å²) in [6.45, 7) is 0. The van der Waals surface area contributed by atoms with Gasteiger partial charge in [0.1, 0.15) is 11.8 Å². The van der Waals surface area contributed by atoms with Crippen molar-refractivity contribution in [3.05, 3.63) is 58.3 Å². The Hall–Kier alpha value is -2.04. The van der Waals surface area contributed by atoms with Crippen molar-refractivity contribution in [3.63, 3.8) is 0 Å². The van der Waals surface area contributed by atoms with Crippen molar-refractivity contribution in [1.82, 2.24) is 9.55 Å². The maximum absolute atomic E-state index is 11.2. The van der Waals surface area contributed by atoms with E-state index < -0.39 is 5.97 Å². The van der Waals surface area contributed by atoms with Crippen LogP contribution in [0.5, 0.6) is 0 Å². The Balaban J connectivity index is 2.34. The van der Waals surface area contributed by atoms with Crippen LogP contribution in [0.4, 0.5) is 0 Å². The number of halogens is 2. The number of imidazole rings is 1. The highest BCUT2D eigenvalue weighted by atomic mass is 35.5. The number of benzene rings is 2. The Kier molecular flexibility index (Phi) is 3.12. The van der Waals surface area contributed by atoms with E-state index >= 15 is 0 Å². The quantitative estimate of drug-likeness (QED) is 0.777. The van der Waals surface area contributed by atoms with Crippen molar-refractivity contribution in [2.24, 2.45) is 0 Å². The fourth-order valence-electron chi connectivity index (χ4n) is 2.11. The lowest BCUT2D eigenvalue weighted by atomic mass is 10.2. The predicted molar refractivity (Wildman–Crippen MR) is 78.0 cm³/mol. The van der Waals surface area contributed by atoms with Gasteiger partial charge in [0.05, 0.1) is 26.8 Å². The molecule has 0 unspecified atom stereocenters. The summed E-state index contributed by atoms with van der Waals surface area (Å²) < 4.78 is 1.69. The highest BCUT2D eigenvalue weighted by Gasteiger charge is 2.15. The van der Waals surface area contributed by atoms with E-state index in [1.54, 1.807) is 34.9 Å². The summed E-state index contributed by atoms with van der Waals surface area (Å²) in [6, 6.07) is 10.1. The normalized spacial score (nSPS) is 10.9. The second-order valence-corrected chi connectivity index (χ2v) is 4.98. The number of hydrogen-bond donors (Lipinski definition) is 1. The van der Waals surface area contributed by atoms with E-state index in [-0.39, 0.29) is 5.56 Å². The molecule has 3 aromatic rings. The Morgan fingerprint density at radius 2 is 1.75 bits per heavy atom. The molecule has 20 heavy (non-hydrogen) atoms. The summed E-state index contributed by atoms with van der Waals surface area (Å²) in [5.41, 5.74) is 1.76. The first-order chi connectivity index (χ1) is 9.59. The molecular formula is C14H8Cl2N2O2. The number of aromatic nitrogens is 2. The average molecular weight is 307 g/mol. The van der Waals surface area contributed by atoms with Crippen LogP contribution in [0.1, 0.15) is 10.4 Å². The molecule has 0 aliphatic heterocycles. The summed E-state index contributed by atoms with van der Waals surface area (Å²) in [5.74, 6) is -1.02. The number of carboxylic acid groups (broad SMARTS) is 1. The van der Waals surface area contributed by atoms with E-state index in [4.69, 9.17) is 23.2 Å². The molecule has 0 spiro atoms. The molecule has 0 amide bonds. The van der Waals surface area contributed by atoms with Crippen LogP contribution in [0.2, 0.25) is 10.0 Å². The summed E-state index contributed by atoms with van der Waals surface area (Å²) in [4.78, 5) is 15.4. The van der Waals surface area contributed by atoms with Crippen molar-refractivity contribution in [2.75, 3.05) is 0 Å². The third-order valence-electron chi connectivity index (χ3n) is 2.99. The number of para-hydroxylation sites is 2. The fourth-order valence-corrected chi connectivity index (χ4v) is 2.69. The zero-order valence-corrected chi connectivity index (χ0v) is 11.6. The van der Waals surface area contributed by atoms with Crippen molar-refractivity contribution >= 4 is 40.2 Å². The largest absolute Gasteiger partial charge is 0.478 e. The first-order valence-electron chi connectivity index (χ1n) is 5.73. The molecule has 0 bridgehead atoms. The van der Waals surface area contributed by atoms with Crippen LogP contribution in [0.25, 0.3) is 16.7 Å². The standard InChI is InChI=1S/C14H8Cl2N2O2/c15-9-4-2-5-10(16)13(9)18-7-17-12-8(14(19)20)3-1-6-11(12)18/h1-7H,(H,19,20). The Bertz CT molecular complexity index is 807. The summed E-state index contributed by atoms with van der Waals surface area (Å²) in [5, 5.41) is 10.1. The fraction of sp³-hybridized carbons (Fsp3) is 0. The third kappa shape index (κ3) is 1.94. The minimum Gasteiger partial charge on any atom is -0.478 e. The maximum Gasteiger partial charge on any atom is 0.337 e. The van der Waals surface area contributed by atoms with Gasteiger partial charge in [-0.2, -0.15) is 0 Å². The second-order valence-electron chi connectivity index (χ2n) is 4.16. The van der Waals surface area contributed by atoms with Gasteiger partial charge in [0, 0.05) is 0 Å². The molecule has 0 atom stereocenters. The zero-order chi connectivity index (χ0) is 14.3. The number of hydrogen-bond acceptors (Lipinski definition) is 2. The van der Waals surface area contributed by atoms with Gasteiger partial charge in [-0.05, 0) is 24.3 Å². The molecule has 1 N–H and O–H groups in total. The van der Waals surface area contributed by atoms with Crippen LogP contribution >= 0.6 is 23.2 Å². The van der Waals surface area contributed by atoms with Gasteiger partial charge in [-0.15, -0.1) is 0 Å². The van der Waals surface area contributed by atoms with Crippen LogP contribution in [0.3, 0.4) is 0 Å². The molecule has 0 fully saturated rings. The molecule has 0 aliphatic carbocycles. The van der Waals surface area contributed by atoms with E-state index in [2.05, 4.69) is 4.98 Å². The molecular weight excluding hydrogens is 299 g/mol. The number of aromatic carboxylic acids is 1. The molecule has 1 heterocycles. The van der Waals surface area contributed by atoms with Gasteiger partial charge in [0.2, 0.25) is 0 Å². The third-order valence-corrected chi connectivity index (χ3v) is 3.60. The van der Waals surface area contributed by atoms with Gasteiger partial charge < -0.3 is 5.11 Å². The first-order valence-corrected chi connectivity index (χ1v) is 6.49. The topological polar surface area (TPSA) is 55.1 Å². The molecule has 6 heteroatoms. The summed E-state index contributed by atoms with van der Waals surface area (Å²) in [7, 11) is 0. The summed E-state index contributed by atoms with van der Waals surface area (Å²) >= 11 is 12.3. The van der Waals surface area contributed by atoms with Crippen molar-refractivity contribution in [2.45, 2.75) is 0 Å². The van der Waals surface area contributed by atoms with Crippen molar-refractivity contribution < 1.29 is 9.90 Å². The Morgan fingerprint density at radius 3 is 2.40 bits per heavy atom. The van der Waals surface area contributed by atoms with E-state index in [1.807, 2.05) is 0 Å². The minimum atomic E-state index is -1.02. The lowest BCUT2D eigenvalue weighted by Crippen LogP contribution is -1.98. The lowest BCUT2D eigenvalue weighted by Gasteiger charge is -2.09. The van der Waals surface area contributed by atoms with Gasteiger partial charge in [-0.3, -0.25) is 4.57 Å². The lowest BCUT2D eigenvalue weighted by molar-refractivity contribution is 0.0699. The van der Waals surface area contributed by atoms with Crippen LogP contribution in [-0.4, -0.2) is 20.6 Å².